The van der Waals surface area contributed by atoms with Crippen molar-refractivity contribution in [1.82, 2.24) is 19.5 Å². The first-order chi connectivity index (χ1) is 16.5. The van der Waals surface area contributed by atoms with Gasteiger partial charge in [0.15, 0.2) is 11.5 Å². The first-order valence-corrected chi connectivity index (χ1v) is 10.8. The van der Waals surface area contributed by atoms with Gasteiger partial charge in [0, 0.05) is 17.4 Å². The number of hydrogen-bond donors (Lipinski definition) is 1. The Morgan fingerprint density at radius 3 is 2.56 bits per heavy atom. The van der Waals surface area contributed by atoms with Gasteiger partial charge in [-0.15, -0.1) is 0 Å². The lowest BCUT2D eigenvalue weighted by atomic mass is 10.2. The molecule has 34 heavy (non-hydrogen) atoms. The Hall–Kier alpha value is -4.40. The molecule has 2 aromatic heterocycles. The maximum atomic E-state index is 12.6. The minimum Gasteiger partial charge on any atom is -0.485 e. The van der Waals surface area contributed by atoms with Crippen LogP contribution in [0.3, 0.4) is 0 Å². The Bertz CT molecular complexity index is 1350. The third-order valence-electron chi connectivity index (χ3n) is 5.44. The zero-order valence-electron chi connectivity index (χ0n) is 19.0. The normalized spacial score (nSPS) is 14.5. The lowest BCUT2D eigenvalue weighted by Crippen LogP contribution is -2.40. The fourth-order valence-corrected chi connectivity index (χ4v) is 3.53. The Morgan fingerprint density at radius 2 is 1.82 bits per heavy atom. The van der Waals surface area contributed by atoms with Gasteiger partial charge < -0.3 is 19.5 Å². The number of aromatic nitrogens is 4. The van der Waals surface area contributed by atoms with E-state index in [1.54, 1.807) is 42.7 Å². The average Bonchev–Trinajstić information content (AvgIpc) is 3.17. The zero-order valence-corrected chi connectivity index (χ0v) is 19.0. The fourth-order valence-electron chi connectivity index (χ4n) is 3.53. The summed E-state index contributed by atoms with van der Waals surface area (Å²) in [6, 6.07) is 16.1. The Morgan fingerprint density at radius 1 is 1.06 bits per heavy atom. The summed E-state index contributed by atoms with van der Waals surface area (Å²) < 4.78 is 19.2. The van der Waals surface area contributed by atoms with Crippen molar-refractivity contribution in [2.75, 3.05) is 11.9 Å². The number of fused-ring (bicyclic) bond motifs is 1. The van der Waals surface area contributed by atoms with Gasteiger partial charge in [0.05, 0.1) is 5.69 Å². The van der Waals surface area contributed by atoms with E-state index in [1.165, 1.54) is 0 Å². The van der Waals surface area contributed by atoms with Crippen LogP contribution in [0.2, 0.25) is 0 Å². The van der Waals surface area contributed by atoms with Crippen molar-refractivity contribution < 1.29 is 19.0 Å². The van der Waals surface area contributed by atoms with Crippen LogP contribution in [-0.4, -0.2) is 38.1 Å². The molecule has 0 saturated heterocycles. The van der Waals surface area contributed by atoms with Crippen molar-refractivity contribution in [3.63, 3.8) is 0 Å². The van der Waals surface area contributed by atoms with E-state index in [9.17, 15) is 4.79 Å². The number of nitrogens with one attached hydrogen (secondary N) is 1. The Labute approximate surface area is 196 Å². The van der Waals surface area contributed by atoms with Crippen LogP contribution < -0.4 is 19.5 Å². The highest BCUT2D eigenvalue weighted by atomic mass is 16.6. The van der Waals surface area contributed by atoms with E-state index in [2.05, 4.69) is 20.3 Å². The monoisotopic (exact) mass is 457 g/mol. The third kappa shape index (κ3) is 4.40. The highest BCUT2D eigenvalue weighted by molar-refractivity contribution is 5.94. The van der Waals surface area contributed by atoms with Gasteiger partial charge in [0.2, 0.25) is 12.0 Å². The number of hydrogen-bond acceptors (Lipinski definition) is 7. The van der Waals surface area contributed by atoms with Crippen LogP contribution in [0, 0.1) is 20.8 Å². The molecular formula is C25H23N5O4. The molecule has 0 aliphatic carbocycles. The average molecular weight is 457 g/mol. The number of imidazole rings is 1. The predicted molar refractivity (Wildman–Crippen MR) is 125 cm³/mol. The van der Waals surface area contributed by atoms with Crippen molar-refractivity contribution in [1.29, 1.82) is 0 Å². The van der Waals surface area contributed by atoms with Gasteiger partial charge in [0.25, 0.3) is 5.91 Å². The number of anilines is 1. The van der Waals surface area contributed by atoms with Crippen LogP contribution in [0.4, 0.5) is 5.69 Å². The van der Waals surface area contributed by atoms with Crippen LogP contribution in [0.15, 0.2) is 60.9 Å². The van der Waals surface area contributed by atoms with Gasteiger partial charge in [-0.1, -0.05) is 12.1 Å². The predicted octanol–water partition coefficient (Wildman–Crippen LogP) is 4.16. The minimum absolute atomic E-state index is 0.148. The number of ether oxygens (including phenoxy) is 3. The molecule has 9 heteroatoms. The molecule has 1 unspecified atom stereocenters. The quantitative estimate of drug-likeness (QED) is 0.480. The molecule has 0 bridgehead atoms. The summed E-state index contributed by atoms with van der Waals surface area (Å²) in [7, 11) is 0. The number of benzene rings is 2. The molecule has 5 rings (SSSR count). The van der Waals surface area contributed by atoms with Crippen LogP contribution in [0.5, 0.6) is 23.1 Å². The number of carbonyl (C=O) groups excluding carboxylic acids is 1. The highest BCUT2D eigenvalue weighted by Gasteiger charge is 2.27. The highest BCUT2D eigenvalue weighted by Crippen LogP contribution is 2.31. The molecule has 2 aromatic carbocycles. The van der Waals surface area contributed by atoms with Gasteiger partial charge in [-0.25, -0.2) is 9.97 Å². The van der Waals surface area contributed by atoms with E-state index >= 15 is 0 Å². The lowest BCUT2D eigenvalue weighted by molar-refractivity contribution is -0.125. The van der Waals surface area contributed by atoms with Crippen molar-refractivity contribution in [2.24, 2.45) is 0 Å². The number of rotatable bonds is 5. The van der Waals surface area contributed by atoms with Crippen LogP contribution in [-0.2, 0) is 4.79 Å². The Balaban J connectivity index is 1.25. The SMILES string of the molecule is Cc1nc(Oc2ccc(NC(=O)C3COc4ccccc4O3)cc2)cc(-n2cnc(C)c2C)n1. The molecule has 1 amide bonds. The first-order valence-electron chi connectivity index (χ1n) is 10.8. The van der Waals surface area contributed by atoms with E-state index in [1.807, 2.05) is 43.5 Å². The summed E-state index contributed by atoms with van der Waals surface area (Å²) in [6.07, 6.45) is 0.997. The summed E-state index contributed by atoms with van der Waals surface area (Å²) in [4.78, 5) is 25.8. The van der Waals surface area contributed by atoms with Gasteiger partial charge in [-0.3, -0.25) is 9.36 Å². The second-order valence-electron chi connectivity index (χ2n) is 7.88. The van der Waals surface area contributed by atoms with E-state index < -0.39 is 6.10 Å². The molecular weight excluding hydrogens is 434 g/mol. The zero-order chi connectivity index (χ0) is 23.7. The molecule has 9 nitrogen and oxygen atoms in total. The minimum atomic E-state index is -0.733. The van der Waals surface area contributed by atoms with Crippen molar-refractivity contribution in [3.8, 4) is 28.9 Å². The summed E-state index contributed by atoms with van der Waals surface area (Å²) in [6.45, 7) is 5.89. The molecule has 0 radical (unpaired) electrons. The molecule has 172 valence electrons. The largest absolute Gasteiger partial charge is 0.485 e. The number of para-hydroxylation sites is 2. The topological polar surface area (TPSA) is 100 Å². The summed E-state index contributed by atoms with van der Waals surface area (Å²) >= 11 is 0. The number of aryl methyl sites for hydroxylation is 2. The standard InChI is InChI=1S/C25H23N5O4/c1-15-16(2)30(14-26-15)23-12-24(28-17(3)27-23)33-19-10-8-18(9-11-19)29-25(31)22-13-32-20-6-4-5-7-21(20)34-22/h4-12,14,22H,13H2,1-3H3,(H,29,31). The maximum Gasteiger partial charge on any atom is 0.269 e. The van der Waals surface area contributed by atoms with Crippen molar-refractivity contribution >= 4 is 11.6 Å². The molecule has 0 spiro atoms. The van der Waals surface area contributed by atoms with Gasteiger partial charge in [-0.05, 0) is 57.2 Å². The molecule has 1 atom stereocenters. The number of nitrogens with zero attached hydrogens (tertiary/aromatic N) is 4. The van der Waals surface area contributed by atoms with Crippen molar-refractivity contribution in [2.45, 2.75) is 26.9 Å². The maximum absolute atomic E-state index is 12.6. The summed E-state index contributed by atoms with van der Waals surface area (Å²) in [5.41, 5.74) is 2.55. The first kappa shape index (κ1) is 21.4. The Kier molecular flexibility index (Phi) is 5.59. The lowest BCUT2D eigenvalue weighted by Gasteiger charge is -2.25. The van der Waals surface area contributed by atoms with Gasteiger partial charge in [-0.2, -0.15) is 4.98 Å². The number of amides is 1. The van der Waals surface area contributed by atoms with E-state index in [0.717, 1.165) is 11.4 Å². The van der Waals surface area contributed by atoms with Gasteiger partial charge >= 0.3 is 0 Å². The smallest absolute Gasteiger partial charge is 0.269 e. The molecule has 3 heterocycles. The van der Waals surface area contributed by atoms with Crippen LogP contribution in [0.25, 0.3) is 5.82 Å². The third-order valence-corrected chi connectivity index (χ3v) is 5.44. The molecule has 1 aliphatic heterocycles. The second kappa shape index (κ2) is 8.86. The fraction of sp³-hybridized carbons (Fsp3) is 0.200. The summed E-state index contributed by atoms with van der Waals surface area (Å²) in [5.74, 6) is 3.15. The van der Waals surface area contributed by atoms with Crippen LogP contribution >= 0.6 is 0 Å². The van der Waals surface area contributed by atoms with Crippen molar-refractivity contribution in [3.05, 3.63) is 78.1 Å². The molecule has 1 aliphatic rings. The molecule has 4 aromatic rings. The second-order valence-corrected chi connectivity index (χ2v) is 7.88. The van der Waals surface area contributed by atoms with Crippen LogP contribution in [0.1, 0.15) is 17.2 Å². The summed E-state index contributed by atoms with van der Waals surface area (Å²) in [5, 5.41) is 2.85. The van der Waals surface area contributed by atoms with E-state index in [0.29, 0.717) is 40.5 Å². The van der Waals surface area contributed by atoms with Gasteiger partial charge in [0.1, 0.15) is 30.3 Å². The molecule has 0 saturated carbocycles. The molecule has 1 N–H and O–H groups in total. The van der Waals surface area contributed by atoms with E-state index in [4.69, 9.17) is 14.2 Å². The van der Waals surface area contributed by atoms with E-state index in [-0.39, 0.29) is 12.5 Å². The number of carbonyl (C=O) groups is 1. The molecule has 0 fully saturated rings.